The molecular formula is C62H114N6O10. The minimum atomic E-state index is -0.910. The van der Waals surface area contributed by atoms with E-state index in [-0.39, 0.29) is 37.0 Å². The van der Waals surface area contributed by atoms with Gasteiger partial charge in [0.1, 0.15) is 6.61 Å². The van der Waals surface area contributed by atoms with Gasteiger partial charge in [0.05, 0.1) is 36.7 Å². The summed E-state index contributed by atoms with van der Waals surface area (Å²) in [5.41, 5.74) is 8.80. The average molecular weight is 1100 g/mol. The molecule has 2 unspecified atom stereocenters. The van der Waals surface area contributed by atoms with Gasteiger partial charge < -0.3 is 40.1 Å². The molecule has 1 aromatic heterocycles. The van der Waals surface area contributed by atoms with Gasteiger partial charge in [0, 0.05) is 74.9 Å². The van der Waals surface area contributed by atoms with Gasteiger partial charge in [-0.25, -0.2) is 0 Å². The predicted molar refractivity (Wildman–Crippen MR) is 316 cm³/mol. The summed E-state index contributed by atoms with van der Waals surface area (Å²) in [7, 11) is 0. The standard InChI is InChI=1S/C31H57N3O5.C22H38O2.C9H19N3O3/c1-3-4-5-6-7-8-9-10-11-12-13-14-15-16-17-21-30(37)39-24-22-28-25-34(33-32-28)23-19-18-20-29(36)31(38)27(2)26-35;1-3-5-7-8-9-10-11-12-13-14-15-16-17-18-19-20-22(23)24-21-6-4-2;1-7(6-13)9(15)8(14)4-2-3-5-11-12-10/h10-11,25,27,29,31,35-36,38H,3-9,12-24,26H2,1-2H3;2,12-13H,3,5-11,14-21H2,1H3;7-9,13-15H,2-6H2,1H3/b11-10-;13-12-;/t27-,29?,31+;;7-,8?,9+/m1.1/s1. The second kappa shape index (κ2) is 59.3. The molecule has 0 amide bonds. The smallest absolute Gasteiger partial charge is 0.305 e. The second-order valence-corrected chi connectivity index (χ2v) is 21.2. The van der Waals surface area contributed by atoms with E-state index in [9.17, 15) is 30.0 Å². The fourth-order valence-corrected chi connectivity index (χ4v) is 8.40. The van der Waals surface area contributed by atoms with E-state index in [1.165, 1.54) is 141 Å². The zero-order chi connectivity index (χ0) is 58.0. The first-order chi connectivity index (χ1) is 37.9. The first-order valence-corrected chi connectivity index (χ1v) is 30.8. The molecule has 0 aliphatic rings. The van der Waals surface area contributed by atoms with Crippen LogP contribution in [0.3, 0.4) is 0 Å². The molecular weight excluding hydrogens is 989 g/mol. The van der Waals surface area contributed by atoms with E-state index in [1.54, 1.807) is 18.5 Å². The molecule has 6 atom stereocenters. The molecule has 1 heterocycles. The van der Waals surface area contributed by atoms with Crippen molar-refractivity contribution < 1.29 is 49.7 Å². The molecule has 0 aliphatic heterocycles. The Balaban J connectivity index is 0. The van der Waals surface area contributed by atoms with E-state index in [4.69, 9.17) is 31.6 Å². The lowest BCUT2D eigenvalue weighted by molar-refractivity contribution is -0.144. The van der Waals surface area contributed by atoms with Gasteiger partial charge in [-0.05, 0) is 102 Å². The number of rotatable bonds is 51. The number of aliphatic hydroxyl groups excluding tert-OH is 6. The second-order valence-electron chi connectivity index (χ2n) is 21.2. The van der Waals surface area contributed by atoms with Crippen LogP contribution in [-0.4, -0.2) is 115 Å². The number of aromatic nitrogens is 3. The van der Waals surface area contributed by atoms with E-state index >= 15 is 0 Å². The van der Waals surface area contributed by atoms with Crippen molar-refractivity contribution in [3.63, 3.8) is 0 Å². The first-order valence-electron chi connectivity index (χ1n) is 30.8. The fraction of sp³-hybridized carbons (Fsp3) is 0.839. The Kier molecular flexibility index (Phi) is 58.0. The van der Waals surface area contributed by atoms with Crippen LogP contribution in [0.4, 0.5) is 0 Å². The number of aliphatic hydroxyl groups is 6. The Morgan fingerprint density at radius 3 is 1.46 bits per heavy atom. The van der Waals surface area contributed by atoms with Crippen molar-refractivity contribution in [3.8, 4) is 12.3 Å². The zero-order valence-electron chi connectivity index (χ0n) is 49.6. The molecule has 0 spiro atoms. The lowest BCUT2D eigenvalue weighted by Gasteiger charge is -2.22. The maximum absolute atomic E-state index is 12.0. The van der Waals surface area contributed by atoms with Crippen LogP contribution in [0.5, 0.6) is 0 Å². The van der Waals surface area contributed by atoms with Crippen LogP contribution < -0.4 is 0 Å². The average Bonchev–Trinajstić information content (AvgIpc) is 3.90. The summed E-state index contributed by atoms with van der Waals surface area (Å²) in [5, 5.41) is 68.3. The summed E-state index contributed by atoms with van der Waals surface area (Å²) in [5.74, 6) is 1.55. The lowest BCUT2D eigenvalue weighted by Crippen LogP contribution is -2.33. The SMILES string of the molecule is C#CCCOC(=O)CCCCCCC/C=C\CCCCCCCC.CCCCCCCC/C=C\CCCCCCCC(=O)OCCc1cn(CCCCC(O)[C@@H](O)[C@H](C)CO)nn1.C[C@H](CO)[C@H](O)C(O)CCCCN=[N+]=[N-]. The van der Waals surface area contributed by atoms with Gasteiger partial charge in [0.25, 0.3) is 0 Å². The molecule has 0 saturated carbocycles. The Morgan fingerprint density at radius 1 is 0.628 bits per heavy atom. The zero-order valence-corrected chi connectivity index (χ0v) is 49.6. The molecule has 0 radical (unpaired) electrons. The highest BCUT2D eigenvalue weighted by Crippen LogP contribution is 2.16. The van der Waals surface area contributed by atoms with Gasteiger partial charge in [0.15, 0.2) is 0 Å². The highest BCUT2D eigenvalue weighted by molar-refractivity contribution is 5.69. The molecule has 0 saturated heterocycles. The molecule has 1 rings (SSSR count). The predicted octanol–water partition coefficient (Wildman–Crippen LogP) is 13.3. The van der Waals surface area contributed by atoms with E-state index in [2.05, 4.69) is 64.4 Å². The molecule has 0 aromatic carbocycles. The van der Waals surface area contributed by atoms with Crippen molar-refractivity contribution in [1.29, 1.82) is 0 Å². The summed E-state index contributed by atoms with van der Waals surface area (Å²) in [6.07, 6.45) is 51.4. The number of carbonyl (C=O) groups excluding carboxylic acids is 2. The molecule has 78 heavy (non-hydrogen) atoms. The number of nitrogens with zero attached hydrogens (tertiary/aromatic N) is 6. The van der Waals surface area contributed by atoms with Crippen molar-refractivity contribution in [3.05, 3.63) is 46.6 Å². The lowest BCUT2D eigenvalue weighted by atomic mass is 9.97. The minimum absolute atomic E-state index is 0.108. The maximum Gasteiger partial charge on any atom is 0.305 e. The quantitative estimate of drug-likeness (QED) is 0.00678. The fourth-order valence-electron chi connectivity index (χ4n) is 8.40. The van der Waals surface area contributed by atoms with Crippen LogP contribution in [0, 0.1) is 24.2 Å². The molecule has 16 heteroatoms. The van der Waals surface area contributed by atoms with E-state index < -0.39 is 24.4 Å². The van der Waals surface area contributed by atoms with Gasteiger partial charge >= 0.3 is 11.9 Å². The van der Waals surface area contributed by atoms with Crippen molar-refractivity contribution >= 4 is 11.9 Å². The molecule has 0 fully saturated rings. The first kappa shape index (κ1) is 76.3. The summed E-state index contributed by atoms with van der Waals surface area (Å²) in [4.78, 5) is 25.9. The minimum Gasteiger partial charge on any atom is -0.465 e. The van der Waals surface area contributed by atoms with Gasteiger partial charge in [0.2, 0.25) is 0 Å². The van der Waals surface area contributed by atoms with Crippen molar-refractivity contribution in [2.45, 2.75) is 290 Å². The molecule has 16 nitrogen and oxygen atoms in total. The molecule has 6 N–H and O–H groups in total. The van der Waals surface area contributed by atoms with E-state index in [0.717, 1.165) is 44.2 Å². The van der Waals surface area contributed by atoms with Crippen molar-refractivity contribution in [2.75, 3.05) is 33.0 Å². The monoisotopic (exact) mass is 1100 g/mol. The van der Waals surface area contributed by atoms with Crippen LogP contribution in [0.25, 0.3) is 10.4 Å². The van der Waals surface area contributed by atoms with Crippen LogP contribution in [-0.2, 0) is 32.0 Å². The molecule has 1 aromatic rings. The summed E-state index contributed by atoms with van der Waals surface area (Å²) >= 11 is 0. The number of aryl methyl sites for hydroxylation is 1. The third-order valence-corrected chi connectivity index (χ3v) is 13.7. The number of hydrogen-bond acceptors (Lipinski definition) is 13. The summed E-state index contributed by atoms with van der Waals surface area (Å²) < 4.78 is 12.1. The van der Waals surface area contributed by atoms with Gasteiger partial charge in [-0.2, -0.15) is 0 Å². The van der Waals surface area contributed by atoms with E-state index in [0.29, 0.717) is 77.7 Å². The van der Waals surface area contributed by atoms with Gasteiger partial charge in [-0.15, -0.1) is 17.4 Å². The van der Waals surface area contributed by atoms with Crippen LogP contribution >= 0.6 is 0 Å². The number of esters is 2. The normalized spacial score (nSPS) is 13.6. The number of azide groups is 1. The maximum atomic E-state index is 12.0. The molecule has 0 aliphatic carbocycles. The molecule has 452 valence electrons. The third kappa shape index (κ3) is 51.6. The number of ether oxygens (including phenoxy) is 2. The number of allylic oxidation sites excluding steroid dienone is 4. The summed E-state index contributed by atoms with van der Waals surface area (Å²) in [6.45, 7) is 9.37. The van der Waals surface area contributed by atoms with Crippen LogP contribution in [0.1, 0.15) is 258 Å². The number of carbonyl (C=O) groups is 2. The Labute approximate surface area is 473 Å². The number of terminal acetylenes is 1. The Bertz CT molecular complexity index is 1630. The van der Waals surface area contributed by atoms with Crippen molar-refractivity contribution in [1.82, 2.24) is 15.0 Å². The highest BCUT2D eigenvalue weighted by atomic mass is 16.5. The largest absolute Gasteiger partial charge is 0.465 e. The highest BCUT2D eigenvalue weighted by Gasteiger charge is 2.22. The number of hydrogen-bond donors (Lipinski definition) is 6. The molecule has 0 bridgehead atoms. The van der Waals surface area contributed by atoms with Crippen LogP contribution in [0.2, 0.25) is 0 Å². The van der Waals surface area contributed by atoms with Gasteiger partial charge in [-0.1, -0.05) is 171 Å². The number of unbranched alkanes of at least 4 members (excludes halogenated alkanes) is 24. The van der Waals surface area contributed by atoms with Gasteiger partial charge in [-0.3, -0.25) is 14.3 Å². The summed E-state index contributed by atoms with van der Waals surface area (Å²) in [6, 6.07) is 0. The van der Waals surface area contributed by atoms with E-state index in [1.807, 2.05) is 6.20 Å². The van der Waals surface area contributed by atoms with Crippen molar-refractivity contribution in [2.24, 2.45) is 17.0 Å². The van der Waals surface area contributed by atoms with Crippen LogP contribution in [0.15, 0.2) is 35.6 Å². The Hall–Kier alpha value is -3.81. The Morgan fingerprint density at radius 2 is 1.04 bits per heavy atom. The topological polar surface area (TPSA) is 253 Å². The third-order valence-electron chi connectivity index (χ3n) is 13.7.